The van der Waals surface area contributed by atoms with Crippen LogP contribution in [0.3, 0.4) is 0 Å². The number of aliphatic hydroxyl groups is 1. The van der Waals surface area contributed by atoms with Gasteiger partial charge in [-0.05, 0) is 42.9 Å². The molecule has 19 heavy (non-hydrogen) atoms. The zero-order valence-corrected chi connectivity index (χ0v) is 12.4. The van der Waals surface area contributed by atoms with Crippen LogP contribution in [0.5, 0.6) is 0 Å². The first-order valence-corrected chi connectivity index (χ1v) is 7.58. The average Bonchev–Trinajstić information content (AvgIpc) is 2.95. The van der Waals surface area contributed by atoms with Crippen molar-refractivity contribution in [1.82, 2.24) is 4.90 Å². The predicted octanol–water partition coefficient (Wildman–Crippen LogP) is 2.83. The number of rotatable bonds is 4. The lowest BCUT2D eigenvalue weighted by Crippen LogP contribution is -2.41. The number of aryl methyl sites for hydroxylation is 1. The molecule has 104 valence electrons. The Morgan fingerprint density at radius 3 is 2.79 bits per heavy atom. The van der Waals surface area contributed by atoms with Gasteiger partial charge in [0.25, 0.3) is 0 Å². The van der Waals surface area contributed by atoms with E-state index in [1.165, 1.54) is 5.56 Å². The number of thiophene rings is 1. The van der Waals surface area contributed by atoms with Crippen LogP contribution in [0.4, 0.5) is 0 Å². The van der Waals surface area contributed by atoms with Crippen LogP contribution in [0, 0.1) is 6.92 Å². The summed E-state index contributed by atoms with van der Waals surface area (Å²) in [6, 6.07) is 2.04. The van der Waals surface area contributed by atoms with E-state index in [9.17, 15) is 9.90 Å². The Balaban J connectivity index is 1.92. The number of hydrogen-bond acceptors (Lipinski definition) is 3. The van der Waals surface area contributed by atoms with Crippen molar-refractivity contribution in [3.8, 4) is 0 Å². The first-order chi connectivity index (χ1) is 9.00. The minimum Gasteiger partial charge on any atom is -0.388 e. The molecule has 4 heteroatoms. The summed E-state index contributed by atoms with van der Waals surface area (Å²) in [7, 11) is 1.75. The van der Waals surface area contributed by atoms with Crippen molar-refractivity contribution in [3.05, 3.63) is 28.0 Å². The molecule has 1 aliphatic rings. The van der Waals surface area contributed by atoms with Crippen LogP contribution in [0.25, 0.3) is 6.08 Å². The molecule has 1 aliphatic carbocycles. The molecule has 0 aromatic carbocycles. The Hall–Kier alpha value is -1.13. The van der Waals surface area contributed by atoms with Gasteiger partial charge in [-0.1, -0.05) is 12.8 Å². The Morgan fingerprint density at radius 2 is 2.21 bits per heavy atom. The van der Waals surface area contributed by atoms with E-state index < -0.39 is 5.60 Å². The van der Waals surface area contributed by atoms with Crippen molar-refractivity contribution in [3.63, 3.8) is 0 Å². The summed E-state index contributed by atoms with van der Waals surface area (Å²) in [6.07, 6.45) is 7.18. The summed E-state index contributed by atoms with van der Waals surface area (Å²) in [5.74, 6) is -0.0480. The fourth-order valence-electron chi connectivity index (χ4n) is 2.54. The van der Waals surface area contributed by atoms with E-state index in [1.807, 2.05) is 24.4 Å². The molecule has 1 N–H and O–H groups in total. The standard InChI is InChI=1S/C15H21NO2S/c1-12-7-10-19-13(12)5-6-14(17)16(2)11-15(18)8-3-4-9-15/h5-7,10,18H,3-4,8-9,11H2,1-2H3/b6-5+. The molecule has 0 spiro atoms. The van der Waals surface area contributed by atoms with Crippen LogP contribution in [-0.4, -0.2) is 35.1 Å². The molecule has 0 radical (unpaired) electrons. The fourth-order valence-corrected chi connectivity index (χ4v) is 3.36. The fraction of sp³-hybridized carbons (Fsp3) is 0.533. The molecule has 3 nitrogen and oxygen atoms in total. The van der Waals surface area contributed by atoms with Crippen molar-refractivity contribution in [2.24, 2.45) is 0 Å². The second-order valence-corrected chi connectivity index (χ2v) is 6.37. The highest BCUT2D eigenvalue weighted by molar-refractivity contribution is 7.11. The SMILES string of the molecule is Cc1ccsc1/C=C/C(=O)N(C)CC1(O)CCCC1. The second kappa shape index (κ2) is 5.88. The topological polar surface area (TPSA) is 40.5 Å². The molecule has 0 saturated heterocycles. The Labute approximate surface area is 118 Å². The molecule has 0 atom stereocenters. The Bertz CT molecular complexity index is 472. The maximum Gasteiger partial charge on any atom is 0.246 e. The third kappa shape index (κ3) is 3.67. The van der Waals surface area contributed by atoms with Gasteiger partial charge in [-0.15, -0.1) is 11.3 Å². The van der Waals surface area contributed by atoms with E-state index >= 15 is 0 Å². The summed E-state index contributed by atoms with van der Waals surface area (Å²) in [6.45, 7) is 2.46. The van der Waals surface area contributed by atoms with Gasteiger partial charge in [-0.3, -0.25) is 4.79 Å². The summed E-state index contributed by atoms with van der Waals surface area (Å²) < 4.78 is 0. The van der Waals surface area contributed by atoms with E-state index in [1.54, 1.807) is 29.4 Å². The predicted molar refractivity (Wildman–Crippen MR) is 79.1 cm³/mol. The van der Waals surface area contributed by atoms with Crippen molar-refractivity contribution in [1.29, 1.82) is 0 Å². The maximum atomic E-state index is 12.0. The van der Waals surface area contributed by atoms with Gasteiger partial charge < -0.3 is 10.0 Å². The second-order valence-electron chi connectivity index (χ2n) is 5.43. The van der Waals surface area contributed by atoms with Gasteiger partial charge in [0.05, 0.1) is 5.60 Å². The van der Waals surface area contributed by atoms with Crippen LogP contribution in [0.2, 0.25) is 0 Å². The third-order valence-electron chi connectivity index (χ3n) is 3.72. The highest BCUT2D eigenvalue weighted by Gasteiger charge is 2.32. The first-order valence-electron chi connectivity index (χ1n) is 6.70. The molecule has 1 saturated carbocycles. The van der Waals surface area contributed by atoms with E-state index in [2.05, 4.69) is 0 Å². The number of hydrogen-bond donors (Lipinski definition) is 1. The van der Waals surface area contributed by atoms with E-state index in [0.717, 1.165) is 30.6 Å². The van der Waals surface area contributed by atoms with Gasteiger partial charge in [-0.2, -0.15) is 0 Å². The van der Waals surface area contributed by atoms with Crippen LogP contribution < -0.4 is 0 Å². The van der Waals surface area contributed by atoms with Gasteiger partial charge in [-0.25, -0.2) is 0 Å². The van der Waals surface area contributed by atoms with Gasteiger partial charge in [0.2, 0.25) is 5.91 Å². The number of amides is 1. The van der Waals surface area contributed by atoms with Gasteiger partial charge in [0.15, 0.2) is 0 Å². The monoisotopic (exact) mass is 279 g/mol. The van der Waals surface area contributed by atoms with Crippen LogP contribution >= 0.6 is 11.3 Å². The third-order valence-corrected chi connectivity index (χ3v) is 4.71. The summed E-state index contributed by atoms with van der Waals surface area (Å²) >= 11 is 1.63. The smallest absolute Gasteiger partial charge is 0.246 e. The van der Waals surface area contributed by atoms with Crippen LogP contribution in [0.15, 0.2) is 17.5 Å². The molecule has 2 rings (SSSR count). The van der Waals surface area contributed by atoms with Gasteiger partial charge >= 0.3 is 0 Å². The molecule has 1 aromatic heterocycles. The highest BCUT2D eigenvalue weighted by atomic mass is 32.1. The zero-order chi connectivity index (χ0) is 13.9. The zero-order valence-electron chi connectivity index (χ0n) is 11.6. The number of carbonyl (C=O) groups excluding carboxylic acids is 1. The van der Waals surface area contributed by atoms with E-state index in [-0.39, 0.29) is 5.91 Å². The maximum absolute atomic E-state index is 12.0. The Kier molecular flexibility index (Phi) is 4.42. The van der Waals surface area contributed by atoms with Crippen molar-refractivity contribution in [2.75, 3.05) is 13.6 Å². The minimum atomic E-state index is -0.670. The van der Waals surface area contributed by atoms with E-state index in [0.29, 0.717) is 6.54 Å². The highest BCUT2D eigenvalue weighted by Crippen LogP contribution is 2.30. The molecule has 1 aromatic rings. The molecule has 0 unspecified atom stereocenters. The van der Waals surface area contributed by atoms with E-state index in [4.69, 9.17) is 0 Å². The minimum absolute atomic E-state index is 0.0480. The van der Waals surface area contributed by atoms with Crippen molar-refractivity contribution in [2.45, 2.75) is 38.2 Å². The Morgan fingerprint density at radius 1 is 1.53 bits per heavy atom. The van der Waals surface area contributed by atoms with Crippen molar-refractivity contribution >= 4 is 23.3 Å². The number of carbonyl (C=O) groups is 1. The first kappa shape index (κ1) is 14.3. The molecule has 1 heterocycles. The molecular weight excluding hydrogens is 258 g/mol. The summed E-state index contributed by atoms with van der Waals surface area (Å²) in [5.41, 5.74) is 0.517. The van der Waals surface area contributed by atoms with Gasteiger partial charge in [0, 0.05) is 24.5 Å². The lowest BCUT2D eigenvalue weighted by Gasteiger charge is -2.27. The summed E-state index contributed by atoms with van der Waals surface area (Å²) in [4.78, 5) is 14.7. The quantitative estimate of drug-likeness (QED) is 0.861. The van der Waals surface area contributed by atoms with Crippen molar-refractivity contribution < 1.29 is 9.90 Å². The number of nitrogens with zero attached hydrogens (tertiary/aromatic N) is 1. The normalized spacial score (nSPS) is 18.1. The van der Waals surface area contributed by atoms with Crippen LogP contribution in [-0.2, 0) is 4.79 Å². The largest absolute Gasteiger partial charge is 0.388 e. The number of likely N-dealkylation sites (N-methyl/N-ethyl adjacent to an activating group) is 1. The summed E-state index contributed by atoms with van der Waals surface area (Å²) in [5, 5.41) is 12.3. The molecular formula is C15H21NO2S. The molecule has 1 fully saturated rings. The van der Waals surface area contributed by atoms with Crippen LogP contribution in [0.1, 0.15) is 36.1 Å². The lowest BCUT2D eigenvalue weighted by molar-refractivity contribution is -0.127. The average molecular weight is 279 g/mol. The molecule has 0 bridgehead atoms. The lowest BCUT2D eigenvalue weighted by atomic mass is 10.0. The van der Waals surface area contributed by atoms with Gasteiger partial charge in [0.1, 0.15) is 0 Å². The molecule has 0 aliphatic heterocycles. The molecule has 1 amide bonds.